The molecule has 1 fully saturated rings. The van der Waals surface area contributed by atoms with Crippen molar-refractivity contribution in [2.75, 3.05) is 25.5 Å². The average molecular weight is 406 g/mol. The lowest BCUT2D eigenvalue weighted by molar-refractivity contribution is 0.0706. The van der Waals surface area contributed by atoms with Crippen LogP contribution >= 0.6 is 0 Å². The first kappa shape index (κ1) is 19.8. The number of nitrogens with zero attached hydrogens (tertiary/aromatic N) is 3. The number of carbonyl (C=O) groups is 1. The van der Waals surface area contributed by atoms with Crippen molar-refractivity contribution in [3.05, 3.63) is 77.9 Å². The maximum atomic E-state index is 13.4. The number of aromatic nitrogens is 2. The number of ether oxygens (including phenoxy) is 1. The zero-order valence-electron chi connectivity index (χ0n) is 16.7. The number of anilines is 2. The Morgan fingerprint density at radius 1 is 1.20 bits per heavy atom. The third-order valence-electron chi connectivity index (χ3n) is 5.22. The number of amides is 1. The van der Waals surface area contributed by atoms with Crippen LogP contribution < -0.4 is 10.1 Å². The van der Waals surface area contributed by atoms with Gasteiger partial charge in [-0.2, -0.15) is 0 Å². The number of piperidine rings is 1. The molecule has 7 heteroatoms. The van der Waals surface area contributed by atoms with Gasteiger partial charge in [-0.25, -0.2) is 14.4 Å². The SMILES string of the molecule is COc1ccc(C(=O)N2CCCC(c3ccnc(Nc4cccc(F)c4)n3)C2)cc1. The lowest BCUT2D eigenvalue weighted by atomic mass is 9.94. The van der Waals surface area contributed by atoms with Gasteiger partial charge in [0.15, 0.2) is 0 Å². The average Bonchev–Trinajstić information content (AvgIpc) is 2.79. The van der Waals surface area contributed by atoms with E-state index >= 15 is 0 Å². The number of likely N-dealkylation sites (tertiary alicyclic amines) is 1. The predicted molar refractivity (Wildman–Crippen MR) is 113 cm³/mol. The summed E-state index contributed by atoms with van der Waals surface area (Å²) in [6.07, 6.45) is 3.54. The van der Waals surface area contributed by atoms with Gasteiger partial charge < -0.3 is 15.0 Å². The van der Waals surface area contributed by atoms with Gasteiger partial charge in [0.1, 0.15) is 11.6 Å². The highest BCUT2D eigenvalue weighted by Gasteiger charge is 2.26. The number of hydrogen-bond acceptors (Lipinski definition) is 5. The van der Waals surface area contributed by atoms with Gasteiger partial charge in [-0.15, -0.1) is 0 Å². The standard InChI is InChI=1S/C23H23FN4O2/c1-30-20-9-7-16(8-10-20)22(29)28-13-3-4-17(15-28)21-11-12-25-23(27-21)26-19-6-2-5-18(24)14-19/h2,5-12,14,17H,3-4,13,15H2,1H3,(H,25,26,27). The highest BCUT2D eigenvalue weighted by atomic mass is 19.1. The first-order valence-corrected chi connectivity index (χ1v) is 9.91. The minimum absolute atomic E-state index is 0.00881. The summed E-state index contributed by atoms with van der Waals surface area (Å²) in [5, 5.41) is 3.04. The van der Waals surface area contributed by atoms with Crippen LogP contribution in [0.5, 0.6) is 5.75 Å². The number of methoxy groups -OCH3 is 1. The smallest absolute Gasteiger partial charge is 0.253 e. The number of halogens is 1. The van der Waals surface area contributed by atoms with Crippen LogP contribution in [-0.4, -0.2) is 41.0 Å². The van der Waals surface area contributed by atoms with Gasteiger partial charge in [0, 0.05) is 36.5 Å². The second kappa shape index (κ2) is 8.90. The topological polar surface area (TPSA) is 67.3 Å². The fourth-order valence-electron chi connectivity index (χ4n) is 3.67. The molecular weight excluding hydrogens is 383 g/mol. The fraction of sp³-hybridized carbons (Fsp3) is 0.261. The summed E-state index contributed by atoms with van der Waals surface area (Å²) in [7, 11) is 1.60. The molecule has 0 bridgehead atoms. The van der Waals surface area contributed by atoms with Crippen molar-refractivity contribution < 1.29 is 13.9 Å². The number of hydrogen-bond donors (Lipinski definition) is 1. The van der Waals surface area contributed by atoms with Crippen molar-refractivity contribution in [1.29, 1.82) is 0 Å². The van der Waals surface area contributed by atoms with Crippen molar-refractivity contribution in [3.8, 4) is 5.75 Å². The van der Waals surface area contributed by atoms with E-state index in [-0.39, 0.29) is 17.6 Å². The molecule has 1 aliphatic rings. The third kappa shape index (κ3) is 4.56. The molecule has 2 heterocycles. The van der Waals surface area contributed by atoms with Crippen molar-refractivity contribution in [2.45, 2.75) is 18.8 Å². The Bertz CT molecular complexity index is 1030. The predicted octanol–water partition coefficient (Wildman–Crippen LogP) is 4.39. The van der Waals surface area contributed by atoms with Gasteiger partial charge in [-0.1, -0.05) is 6.07 Å². The van der Waals surface area contributed by atoms with Crippen molar-refractivity contribution in [3.63, 3.8) is 0 Å². The summed E-state index contributed by atoms with van der Waals surface area (Å²) < 4.78 is 18.6. The molecule has 1 saturated heterocycles. The molecule has 6 nitrogen and oxygen atoms in total. The molecule has 0 radical (unpaired) electrons. The monoisotopic (exact) mass is 406 g/mol. The molecular formula is C23H23FN4O2. The van der Waals surface area contributed by atoms with E-state index < -0.39 is 0 Å². The molecule has 0 aliphatic carbocycles. The van der Waals surface area contributed by atoms with E-state index in [1.54, 1.807) is 49.7 Å². The molecule has 4 rings (SSSR count). The van der Waals surface area contributed by atoms with Crippen molar-refractivity contribution >= 4 is 17.5 Å². The van der Waals surface area contributed by atoms with Crippen LogP contribution in [0.15, 0.2) is 60.8 Å². The summed E-state index contributed by atoms with van der Waals surface area (Å²) in [5.41, 5.74) is 2.11. The van der Waals surface area contributed by atoms with Crippen LogP contribution in [0, 0.1) is 5.82 Å². The van der Waals surface area contributed by atoms with Crippen LogP contribution in [0.3, 0.4) is 0 Å². The van der Waals surface area contributed by atoms with E-state index in [0.717, 1.165) is 30.8 Å². The first-order chi connectivity index (χ1) is 14.6. The molecule has 1 amide bonds. The molecule has 154 valence electrons. The lowest BCUT2D eigenvalue weighted by Crippen LogP contribution is -2.39. The maximum Gasteiger partial charge on any atom is 0.253 e. The quantitative estimate of drug-likeness (QED) is 0.681. The van der Waals surface area contributed by atoms with E-state index in [2.05, 4.69) is 15.3 Å². The van der Waals surface area contributed by atoms with Crippen LogP contribution in [-0.2, 0) is 0 Å². The fourth-order valence-corrected chi connectivity index (χ4v) is 3.67. The zero-order valence-corrected chi connectivity index (χ0v) is 16.7. The van der Waals surface area contributed by atoms with Gasteiger partial charge in [0.25, 0.3) is 5.91 Å². The van der Waals surface area contributed by atoms with E-state index in [0.29, 0.717) is 23.7 Å². The largest absolute Gasteiger partial charge is 0.497 e. The maximum absolute atomic E-state index is 13.4. The molecule has 2 aromatic carbocycles. The second-order valence-corrected chi connectivity index (χ2v) is 7.26. The van der Waals surface area contributed by atoms with Crippen LogP contribution in [0.25, 0.3) is 0 Å². The van der Waals surface area contributed by atoms with Gasteiger partial charge >= 0.3 is 0 Å². The highest BCUT2D eigenvalue weighted by molar-refractivity contribution is 5.94. The van der Waals surface area contributed by atoms with E-state index in [4.69, 9.17) is 4.74 Å². The van der Waals surface area contributed by atoms with Gasteiger partial charge in [-0.05, 0) is 61.4 Å². The molecule has 3 aromatic rings. The summed E-state index contributed by atoms with van der Waals surface area (Å²) in [4.78, 5) is 23.6. The normalized spacial score (nSPS) is 16.2. The summed E-state index contributed by atoms with van der Waals surface area (Å²) in [5.74, 6) is 0.946. The van der Waals surface area contributed by atoms with Gasteiger partial charge in [0.2, 0.25) is 5.95 Å². The number of nitrogens with one attached hydrogen (secondary N) is 1. The van der Waals surface area contributed by atoms with Crippen LogP contribution in [0.4, 0.5) is 16.0 Å². The summed E-state index contributed by atoms with van der Waals surface area (Å²) in [6.45, 7) is 1.32. The van der Waals surface area contributed by atoms with E-state index in [1.807, 2.05) is 11.0 Å². The first-order valence-electron chi connectivity index (χ1n) is 9.91. The number of benzene rings is 2. The van der Waals surface area contributed by atoms with Crippen LogP contribution in [0.1, 0.15) is 34.8 Å². The molecule has 1 N–H and O–H groups in total. The van der Waals surface area contributed by atoms with Crippen molar-refractivity contribution in [2.24, 2.45) is 0 Å². The number of carbonyl (C=O) groups excluding carboxylic acids is 1. The molecule has 0 spiro atoms. The van der Waals surface area contributed by atoms with Crippen LogP contribution in [0.2, 0.25) is 0 Å². The third-order valence-corrected chi connectivity index (χ3v) is 5.22. The zero-order chi connectivity index (χ0) is 20.9. The highest BCUT2D eigenvalue weighted by Crippen LogP contribution is 2.27. The van der Waals surface area contributed by atoms with Crippen molar-refractivity contribution in [1.82, 2.24) is 14.9 Å². The molecule has 30 heavy (non-hydrogen) atoms. The molecule has 0 saturated carbocycles. The summed E-state index contributed by atoms with van der Waals surface area (Å²) >= 11 is 0. The Hall–Kier alpha value is -3.48. The summed E-state index contributed by atoms with van der Waals surface area (Å²) in [6, 6.07) is 15.2. The van der Waals surface area contributed by atoms with E-state index in [1.165, 1.54) is 12.1 Å². The second-order valence-electron chi connectivity index (χ2n) is 7.26. The minimum Gasteiger partial charge on any atom is -0.497 e. The van der Waals surface area contributed by atoms with Gasteiger partial charge in [0.05, 0.1) is 12.8 Å². The lowest BCUT2D eigenvalue weighted by Gasteiger charge is -2.32. The Labute approximate surface area is 174 Å². The Morgan fingerprint density at radius 2 is 2.03 bits per heavy atom. The van der Waals surface area contributed by atoms with Gasteiger partial charge in [-0.3, -0.25) is 4.79 Å². The molecule has 1 unspecified atom stereocenters. The number of rotatable bonds is 5. The Morgan fingerprint density at radius 3 is 2.80 bits per heavy atom. The minimum atomic E-state index is -0.323. The molecule has 1 aromatic heterocycles. The molecule has 1 aliphatic heterocycles. The van der Waals surface area contributed by atoms with E-state index in [9.17, 15) is 9.18 Å². The Balaban J connectivity index is 1.47. The molecule has 1 atom stereocenters. The Kier molecular flexibility index (Phi) is 5.88.